The lowest BCUT2D eigenvalue weighted by atomic mass is 9.85. The maximum atomic E-state index is 14.1. The number of rotatable bonds is 12. The second-order valence-electron chi connectivity index (χ2n) is 13.6. The molecule has 0 radical (unpaired) electrons. The Morgan fingerprint density at radius 3 is 2.14 bits per heavy atom. The van der Waals surface area contributed by atoms with Crippen LogP contribution in [0.5, 0.6) is 0 Å². The molecule has 3 fully saturated rings. The van der Waals surface area contributed by atoms with E-state index in [9.17, 15) is 28.8 Å². The summed E-state index contributed by atoms with van der Waals surface area (Å²) in [6.45, 7) is 8.97. The van der Waals surface area contributed by atoms with Gasteiger partial charge in [-0.2, -0.15) is 0 Å². The third kappa shape index (κ3) is 7.20. The van der Waals surface area contributed by atoms with Gasteiger partial charge in [-0.1, -0.05) is 77.8 Å². The summed E-state index contributed by atoms with van der Waals surface area (Å²) in [7, 11) is 0. The number of hydrogen-bond donors (Lipinski definition) is 4. The zero-order valence-electron chi connectivity index (χ0n) is 25.6. The fourth-order valence-electron chi connectivity index (χ4n) is 5.93. The zero-order valence-corrected chi connectivity index (χ0v) is 27.1. The number of ketones is 2. The van der Waals surface area contributed by atoms with Gasteiger partial charge in [-0.3, -0.25) is 24.0 Å². The van der Waals surface area contributed by atoms with Crippen LogP contribution in [0.1, 0.15) is 64.2 Å². The van der Waals surface area contributed by atoms with Crippen LogP contribution < -0.4 is 21.7 Å². The molecule has 1 aromatic rings. The van der Waals surface area contributed by atoms with E-state index in [0.29, 0.717) is 5.56 Å². The number of carbonyl (C=O) groups excluding carboxylic acids is 6. The largest absolute Gasteiger partial charge is 0.363 e. The Hall–Kier alpha value is -3.18. The van der Waals surface area contributed by atoms with Gasteiger partial charge in [0.05, 0.1) is 12.1 Å². The minimum atomic E-state index is -1.25. The van der Waals surface area contributed by atoms with Crippen molar-refractivity contribution in [3.8, 4) is 0 Å². The van der Waals surface area contributed by atoms with Crippen molar-refractivity contribution in [1.29, 1.82) is 0 Å². The van der Waals surface area contributed by atoms with Crippen molar-refractivity contribution in [3.05, 3.63) is 35.9 Å². The molecule has 0 spiro atoms. The van der Waals surface area contributed by atoms with E-state index < -0.39 is 75.3 Å². The van der Waals surface area contributed by atoms with Gasteiger partial charge in [-0.05, 0) is 23.7 Å². The molecule has 44 heavy (non-hydrogen) atoms. The van der Waals surface area contributed by atoms with E-state index in [4.69, 9.17) is 28.9 Å². The standard InChI is InChI=1S/C31H41Cl2N5O6/c1-15(2)21(23(39)17-9-7-6-8-10-17)36-29(44)37-25(30(3,4)5)28(43)38-14-18-20(31(18,32)33)22(38)27(42)35-19(13-16-11-12-16)24(40)26(34)41/h6-10,15-16,18-22,25H,11-14H2,1-5H3,(H2,34,41)(H,35,42)(H2,36,37,44)/t18-,19?,20-,21-,22-,25+/m0/s1. The van der Waals surface area contributed by atoms with Crippen molar-refractivity contribution in [2.24, 2.45) is 34.8 Å². The van der Waals surface area contributed by atoms with Gasteiger partial charge >= 0.3 is 6.03 Å². The zero-order chi connectivity index (χ0) is 32.7. The number of hydrogen-bond acceptors (Lipinski definition) is 6. The number of urea groups is 1. The molecule has 13 heteroatoms. The van der Waals surface area contributed by atoms with Crippen LogP contribution in [0.4, 0.5) is 4.79 Å². The smallest absolute Gasteiger partial charge is 0.316 e. The lowest BCUT2D eigenvalue weighted by Crippen LogP contribution is -2.62. The van der Waals surface area contributed by atoms with Gasteiger partial charge in [-0.25, -0.2) is 4.79 Å². The Labute approximate surface area is 267 Å². The Morgan fingerprint density at radius 1 is 1.00 bits per heavy atom. The average Bonchev–Trinajstić information content (AvgIpc) is 3.80. The summed E-state index contributed by atoms with van der Waals surface area (Å²) in [5.74, 6) is -4.61. The summed E-state index contributed by atoms with van der Waals surface area (Å²) >= 11 is 13.0. The molecule has 4 rings (SSSR count). The van der Waals surface area contributed by atoms with Crippen LogP contribution in [0.15, 0.2) is 30.3 Å². The number of nitrogens with two attached hydrogens (primary N) is 1. The highest BCUT2D eigenvalue weighted by molar-refractivity contribution is 6.51. The summed E-state index contributed by atoms with van der Waals surface area (Å²) in [4.78, 5) is 79.8. The van der Waals surface area contributed by atoms with E-state index in [0.717, 1.165) is 12.8 Å². The van der Waals surface area contributed by atoms with E-state index in [-0.39, 0.29) is 30.6 Å². The molecular weight excluding hydrogens is 609 g/mol. The molecule has 2 aliphatic carbocycles. The highest BCUT2D eigenvalue weighted by atomic mass is 35.5. The molecule has 5 amide bonds. The van der Waals surface area contributed by atoms with Crippen LogP contribution in [0.25, 0.3) is 0 Å². The van der Waals surface area contributed by atoms with Crippen LogP contribution in [0.3, 0.4) is 0 Å². The van der Waals surface area contributed by atoms with Gasteiger partial charge in [0, 0.05) is 23.9 Å². The number of Topliss-reactive ketones (excluding diaryl/α,β-unsaturated/α-hetero) is 2. The molecular formula is C31H41Cl2N5O6. The SMILES string of the molecule is CC(C)[C@H](NC(=O)N[C@H](C(=O)N1C[C@H]2[C@@H]([C@H]1C(=O)NC(CC1CC1)C(=O)C(N)=O)C2(Cl)Cl)C(C)(C)C)C(=O)c1ccccc1. The fraction of sp³-hybridized carbons (Fsp3) is 0.613. The van der Waals surface area contributed by atoms with Crippen LogP contribution in [-0.4, -0.2) is 75.3 Å². The number of nitrogens with zero attached hydrogens (tertiary/aromatic N) is 1. The topological polar surface area (TPSA) is 168 Å². The maximum Gasteiger partial charge on any atom is 0.316 e. The van der Waals surface area contributed by atoms with Crippen molar-refractivity contribution in [1.82, 2.24) is 20.9 Å². The van der Waals surface area contributed by atoms with E-state index in [1.807, 2.05) is 13.8 Å². The van der Waals surface area contributed by atoms with E-state index in [2.05, 4.69) is 16.0 Å². The predicted molar refractivity (Wildman–Crippen MR) is 165 cm³/mol. The minimum absolute atomic E-state index is 0.0582. The summed E-state index contributed by atoms with van der Waals surface area (Å²) < 4.78 is -1.25. The third-order valence-electron chi connectivity index (χ3n) is 8.71. The van der Waals surface area contributed by atoms with Crippen LogP contribution >= 0.6 is 23.2 Å². The Kier molecular flexibility index (Phi) is 9.71. The van der Waals surface area contributed by atoms with E-state index in [1.54, 1.807) is 51.1 Å². The number of likely N-dealkylation sites (tertiary alicyclic amines) is 1. The summed E-state index contributed by atoms with van der Waals surface area (Å²) in [5.41, 5.74) is 4.88. The first kappa shape index (κ1) is 33.7. The normalized spacial score (nSPS) is 24.0. The fourth-order valence-corrected chi connectivity index (χ4v) is 6.75. The first-order chi connectivity index (χ1) is 20.4. The summed E-state index contributed by atoms with van der Waals surface area (Å²) in [5, 5.41) is 8.10. The van der Waals surface area contributed by atoms with Gasteiger partial charge in [0.2, 0.25) is 17.6 Å². The Morgan fingerprint density at radius 2 is 1.61 bits per heavy atom. The number of alkyl halides is 2. The van der Waals surface area contributed by atoms with Gasteiger partial charge in [0.25, 0.3) is 5.91 Å². The molecule has 1 aromatic carbocycles. The maximum absolute atomic E-state index is 14.1. The minimum Gasteiger partial charge on any atom is -0.363 e. The van der Waals surface area contributed by atoms with Crippen molar-refractivity contribution >= 4 is 58.5 Å². The second kappa shape index (κ2) is 12.7. The number of benzene rings is 1. The molecule has 2 saturated carbocycles. The first-order valence-corrected chi connectivity index (χ1v) is 15.7. The number of fused-ring (bicyclic) bond motifs is 1. The number of halogens is 2. The molecule has 240 valence electrons. The van der Waals surface area contributed by atoms with E-state index in [1.165, 1.54) is 4.90 Å². The van der Waals surface area contributed by atoms with Crippen molar-refractivity contribution in [3.63, 3.8) is 0 Å². The van der Waals surface area contributed by atoms with Gasteiger partial charge in [0.1, 0.15) is 16.4 Å². The molecule has 1 aliphatic heterocycles. The number of amides is 5. The van der Waals surface area contributed by atoms with Crippen molar-refractivity contribution in [2.45, 2.75) is 82.4 Å². The summed E-state index contributed by atoms with van der Waals surface area (Å²) in [6.07, 6.45) is 2.01. The van der Waals surface area contributed by atoms with Crippen LogP contribution in [0.2, 0.25) is 0 Å². The predicted octanol–water partition coefficient (Wildman–Crippen LogP) is 2.58. The molecule has 1 heterocycles. The third-order valence-corrected chi connectivity index (χ3v) is 9.77. The molecule has 1 unspecified atom stereocenters. The lowest BCUT2D eigenvalue weighted by Gasteiger charge is -2.37. The molecule has 11 nitrogen and oxygen atoms in total. The molecule has 6 atom stereocenters. The van der Waals surface area contributed by atoms with Crippen molar-refractivity contribution < 1.29 is 28.8 Å². The van der Waals surface area contributed by atoms with Gasteiger partial charge in [-0.15, -0.1) is 23.2 Å². The second-order valence-corrected chi connectivity index (χ2v) is 15.0. The van der Waals surface area contributed by atoms with Gasteiger partial charge < -0.3 is 26.6 Å². The number of primary amides is 1. The quantitative estimate of drug-likeness (QED) is 0.154. The molecule has 3 aliphatic rings. The van der Waals surface area contributed by atoms with Gasteiger partial charge in [0.15, 0.2) is 5.78 Å². The Bertz CT molecular complexity index is 1330. The number of carbonyl (C=O) groups is 6. The van der Waals surface area contributed by atoms with Crippen LogP contribution in [-0.2, 0) is 19.2 Å². The number of nitrogens with one attached hydrogen (secondary N) is 3. The molecule has 5 N–H and O–H groups in total. The average molecular weight is 651 g/mol. The van der Waals surface area contributed by atoms with Crippen molar-refractivity contribution in [2.75, 3.05) is 6.54 Å². The monoisotopic (exact) mass is 649 g/mol. The summed E-state index contributed by atoms with van der Waals surface area (Å²) in [6, 6.07) is 3.66. The van der Waals surface area contributed by atoms with E-state index >= 15 is 0 Å². The number of piperidine rings is 1. The molecule has 1 saturated heterocycles. The first-order valence-electron chi connectivity index (χ1n) is 14.9. The molecule has 0 aromatic heterocycles. The van der Waals surface area contributed by atoms with Crippen LogP contribution in [0, 0.1) is 29.1 Å². The highest BCUT2D eigenvalue weighted by Crippen LogP contribution is 2.65. The lowest BCUT2D eigenvalue weighted by molar-refractivity contribution is -0.144. The highest BCUT2D eigenvalue weighted by Gasteiger charge is 2.74. The molecule has 0 bridgehead atoms. The Balaban J connectivity index is 1.53.